The van der Waals surface area contributed by atoms with Gasteiger partial charge in [-0.3, -0.25) is 9.59 Å². The molecule has 21 heavy (non-hydrogen) atoms. The Morgan fingerprint density at radius 2 is 1.81 bits per heavy atom. The third kappa shape index (κ3) is 3.78. The van der Waals surface area contributed by atoms with Gasteiger partial charge in [0.15, 0.2) is 0 Å². The summed E-state index contributed by atoms with van der Waals surface area (Å²) in [4.78, 5) is 29.7. The summed E-state index contributed by atoms with van der Waals surface area (Å²) >= 11 is 0. The molecule has 2 aromatic rings. The van der Waals surface area contributed by atoms with E-state index in [-0.39, 0.29) is 18.2 Å². The summed E-state index contributed by atoms with van der Waals surface area (Å²) in [5.74, 6) is -0.0426. The first kappa shape index (κ1) is 15.0. The maximum absolute atomic E-state index is 11.9. The molecular weight excluding hydrogens is 266 g/mol. The molecule has 1 heterocycles. The van der Waals surface area contributed by atoms with E-state index in [0.29, 0.717) is 18.9 Å². The van der Waals surface area contributed by atoms with E-state index in [4.69, 9.17) is 0 Å². The van der Waals surface area contributed by atoms with E-state index in [1.807, 2.05) is 44.2 Å². The van der Waals surface area contributed by atoms with E-state index in [1.54, 1.807) is 11.0 Å². The van der Waals surface area contributed by atoms with Crippen LogP contribution < -0.4 is 5.32 Å². The minimum atomic E-state index is -0.338. The molecule has 0 bridgehead atoms. The van der Waals surface area contributed by atoms with Crippen LogP contribution in [-0.2, 0) is 9.59 Å². The number of amides is 2. The molecule has 0 atom stereocenters. The summed E-state index contributed by atoms with van der Waals surface area (Å²) < 4.78 is 0. The lowest BCUT2D eigenvalue weighted by Gasteiger charge is -2.18. The summed E-state index contributed by atoms with van der Waals surface area (Å²) in [6, 6.07) is 11.3. The minimum absolute atomic E-state index is 0.157. The lowest BCUT2D eigenvalue weighted by Crippen LogP contribution is -2.33. The fraction of sp³-hybridized carbons (Fsp3) is 0.312. The molecule has 1 N–H and O–H groups in total. The standard InChI is InChI=1S/C16H19N3O2/c1-3-19(4-2)16(21)11-15(20)18-14-10-9-12-7-5-6-8-13(12)17-14/h5-10H,3-4,11H2,1-2H3,(H,17,18,20). The van der Waals surface area contributed by atoms with Crippen LogP contribution in [0.5, 0.6) is 0 Å². The van der Waals surface area contributed by atoms with Gasteiger partial charge >= 0.3 is 0 Å². The number of anilines is 1. The smallest absolute Gasteiger partial charge is 0.234 e. The molecule has 5 nitrogen and oxygen atoms in total. The van der Waals surface area contributed by atoms with Crippen molar-refractivity contribution in [2.45, 2.75) is 20.3 Å². The van der Waals surface area contributed by atoms with Gasteiger partial charge < -0.3 is 10.2 Å². The highest BCUT2D eigenvalue weighted by atomic mass is 16.2. The van der Waals surface area contributed by atoms with Gasteiger partial charge in [0.25, 0.3) is 0 Å². The summed E-state index contributed by atoms with van der Waals surface area (Å²) in [7, 11) is 0. The molecule has 5 heteroatoms. The number of nitrogens with zero attached hydrogens (tertiary/aromatic N) is 2. The van der Waals surface area contributed by atoms with Gasteiger partial charge in [-0.05, 0) is 32.0 Å². The van der Waals surface area contributed by atoms with E-state index in [9.17, 15) is 9.59 Å². The van der Waals surface area contributed by atoms with Gasteiger partial charge in [-0.2, -0.15) is 0 Å². The van der Waals surface area contributed by atoms with Crippen LogP contribution in [0, 0.1) is 0 Å². The first-order valence-corrected chi connectivity index (χ1v) is 7.07. The predicted octanol–water partition coefficient (Wildman–Crippen LogP) is 2.43. The van der Waals surface area contributed by atoms with Gasteiger partial charge in [-0.15, -0.1) is 0 Å². The van der Waals surface area contributed by atoms with Gasteiger partial charge in [0.2, 0.25) is 11.8 Å². The first-order valence-electron chi connectivity index (χ1n) is 7.07. The van der Waals surface area contributed by atoms with E-state index in [1.165, 1.54) is 0 Å². The molecule has 1 aromatic carbocycles. The quantitative estimate of drug-likeness (QED) is 0.858. The Hall–Kier alpha value is -2.43. The Kier molecular flexibility index (Phi) is 4.87. The second kappa shape index (κ2) is 6.83. The Morgan fingerprint density at radius 1 is 1.10 bits per heavy atom. The largest absolute Gasteiger partial charge is 0.343 e. The molecule has 0 fully saturated rings. The number of carbonyl (C=O) groups excluding carboxylic acids is 2. The highest BCUT2D eigenvalue weighted by molar-refractivity contribution is 6.03. The summed E-state index contributed by atoms with van der Waals surface area (Å²) in [5.41, 5.74) is 0.811. The normalized spacial score (nSPS) is 10.4. The molecule has 0 saturated carbocycles. The number of benzene rings is 1. The molecule has 0 aliphatic heterocycles. The molecule has 0 spiro atoms. The van der Waals surface area contributed by atoms with Crippen LogP contribution in [0.3, 0.4) is 0 Å². The summed E-state index contributed by atoms with van der Waals surface area (Å²) in [6.45, 7) is 5.00. The fourth-order valence-corrected chi connectivity index (χ4v) is 2.15. The highest BCUT2D eigenvalue weighted by Crippen LogP contribution is 2.14. The van der Waals surface area contributed by atoms with Gasteiger partial charge in [0, 0.05) is 18.5 Å². The van der Waals surface area contributed by atoms with E-state index >= 15 is 0 Å². The zero-order chi connectivity index (χ0) is 15.2. The van der Waals surface area contributed by atoms with Gasteiger partial charge in [0.1, 0.15) is 12.2 Å². The SMILES string of the molecule is CCN(CC)C(=O)CC(=O)Nc1ccc2ccccc2n1. The average molecular weight is 285 g/mol. The van der Waals surface area contributed by atoms with Crippen molar-refractivity contribution >= 4 is 28.5 Å². The molecule has 0 radical (unpaired) electrons. The molecule has 1 aromatic heterocycles. The fourth-order valence-electron chi connectivity index (χ4n) is 2.15. The molecular formula is C16H19N3O2. The van der Waals surface area contributed by atoms with Crippen LogP contribution in [0.2, 0.25) is 0 Å². The highest BCUT2D eigenvalue weighted by Gasteiger charge is 2.15. The van der Waals surface area contributed by atoms with Crippen molar-refractivity contribution in [3.63, 3.8) is 0 Å². The second-order valence-corrected chi connectivity index (χ2v) is 4.68. The Morgan fingerprint density at radius 3 is 2.52 bits per heavy atom. The van der Waals surface area contributed by atoms with Crippen molar-refractivity contribution in [2.75, 3.05) is 18.4 Å². The average Bonchev–Trinajstić information content (AvgIpc) is 2.48. The maximum Gasteiger partial charge on any atom is 0.234 e. The summed E-state index contributed by atoms with van der Waals surface area (Å²) in [6.07, 6.45) is -0.157. The Bertz CT molecular complexity index is 651. The number of aromatic nitrogens is 1. The van der Waals surface area contributed by atoms with Crippen LogP contribution in [0.15, 0.2) is 36.4 Å². The number of para-hydroxylation sites is 1. The zero-order valence-electron chi connectivity index (χ0n) is 12.3. The third-order valence-corrected chi connectivity index (χ3v) is 3.29. The van der Waals surface area contributed by atoms with Crippen LogP contribution in [0.25, 0.3) is 10.9 Å². The van der Waals surface area contributed by atoms with Gasteiger partial charge in [-0.1, -0.05) is 18.2 Å². The number of hydrogen-bond donors (Lipinski definition) is 1. The van der Waals surface area contributed by atoms with Crippen molar-refractivity contribution in [1.29, 1.82) is 0 Å². The molecule has 2 rings (SSSR count). The molecule has 0 aliphatic rings. The van der Waals surface area contributed by atoms with Crippen molar-refractivity contribution in [1.82, 2.24) is 9.88 Å². The second-order valence-electron chi connectivity index (χ2n) is 4.68. The molecule has 0 unspecified atom stereocenters. The molecule has 2 amide bonds. The van der Waals surface area contributed by atoms with E-state index in [0.717, 1.165) is 10.9 Å². The zero-order valence-corrected chi connectivity index (χ0v) is 12.3. The van der Waals surface area contributed by atoms with Crippen LogP contribution in [-0.4, -0.2) is 34.8 Å². The minimum Gasteiger partial charge on any atom is -0.343 e. The van der Waals surface area contributed by atoms with Crippen molar-refractivity contribution < 1.29 is 9.59 Å². The van der Waals surface area contributed by atoms with Crippen LogP contribution in [0.4, 0.5) is 5.82 Å². The molecule has 0 aliphatic carbocycles. The Labute approximate surface area is 124 Å². The lowest BCUT2D eigenvalue weighted by atomic mass is 10.2. The topological polar surface area (TPSA) is 62.3 Å². The van der Waals surface area contributed by atoms with E-state index in [2.05, 4.69) is 10.3 Å². The maximum atomic E-state index is 11.9. The van der Waals surface area contributed by atoms with Gasteiger partial charge in [0.05, 0.1) is 5.52 Å². The third-order valence-electron chi connectivity index (χ3n) is 3.29. The number of fused-ring (bicyclic) bond motifs is 1. The van der Waals surface area contributed by atoms with Crippen molar-refractivity contribution in [3.05, 3.63) is 36.4 Å². The predicted molar refractivity (Wildman–Crippen MR) is 82.9 cm³/mol. The van der Waals surface area contributed by atoms with E-state index < -0.39 is 0 Å². The molecule has 110 valence electrons. The first-order chi connectivity index (χ1) is 10.1. The number of nitrogens with one attached hydrogen (secondary N) is 1. The number of carbonyl (C=O) groups is 2. The van der Waals surface area contributed by atoms with Gasteiger partial charge in [-0.25, -0.2) is 4.98 Å². The van der Waals surface area contributed by atoms with Crippen molar-refractivity contribution in [3.8, 4) is 0 Å². The number of hydrogen-bond acceptors (Lipinski definition) is 3. The molecule has 0 saturated heterocycles. The van der Waals surface area contributed by atoms with Crippen LogP contribution >= 0.6 is 0 Å². The van der Waals surface area contributed by atoms with Crippen molar-refractivity contribution in [2.24, 2.45) is 0 Å². The Balaban J connectivity index is 2.02. The summed E-state index contributed by atoms with van der Waals surface area (Å²) in [5, 5.41) is 3.68. The number of rotatable bonds is 5. The lowest BCUT2D eigenvalue weighted by molar-refractivity contribution is -0.134. The van der Waals surface area contributed by atoms with Crippen LogP contribution in [0.1, 0.15) is 20.3 Å². The number of pyridine rings is 1. The monoisotopic (exact) mass is 285 g/mol.